The number of aliphatic hydroxyl groups excluding tert-OH is 1. The third-order valence-corrected chi connectivity index (χ3v) is 1.20. The van der Waals surface area contributed by atoms with Crippen molar-refractivity contribution in [3.8, 4) is 0 Å². The monoisotopic (exact) mass is 134 g/mol. The lowest BCUT2D eigenvalue weighted by Crippen LogP contribution is -2.28. The Morgan fingerprint density at radius 3 is 1.89 bits per heavy atom. The summed E-state index contributed by atoms with van der Waals surface area (Å²) < 4.78 is 9.56. The van der Waals surface area contributed by atoms with E-state index >= 15 is 0 Å². The van der Waals surface area contributed by atoms with Gasteiger partial charge in [0.1, 0.15) is 6.10 Å². The highest BCUT2D eigenvalue weighted by atomic mass is 16.7. The van der Waals surface area contributed by atoms with Gasteiger partial charge in [-0.3, -0.25) is 0 Å². The van der Waals surface area contributed by atoms with Crippen LogP contribution in [0.4, 0.5) is 0 Å². The molecule has 0 spiro atoms. The average Bonchev–Trinajstić information content (AvgIpc) is 1.90. The second-order valence-corrected chi connectivity index (χ2v) is 1.82. The zero-order valence-corrected chi connectivity index (χ0v) is 6.13. The fourth-order valence-electron chi connectivity index (χ4n) is 0.603. The predicted molar refractivity (Wildman–Crippen MR) is 34.1 cm³/mol. The van der Waals surface area contributed by atoms with Crippen LogP contribution in [0.2, 0.25) is 0 Å². The topological polar surface area (TPSA) is 38.7 Å². The van der Waals surface area contributed by atoms with E-state index in [1.165, 1.54) is 14.2 Å². The Balaban J connectivity index is 3.50. The third-order valence-electron chi connectivity index (χ3n) is 1.20. The molecule has 0 saturated carbocycles. The molecule has 0 bridgehead atoms. The van der Waals surface area contributed by atoms with E-state index in [0.717, 1.165) is 0 Å². The van der Waals surface area contributed by atoms with E-state index in [4.69, 9.17) is 14.6 Å². The summed E-state index contributed by atoms with van der Waals surface area (Å²) >= 11 is 0. The van der Waals surface area contributed by atoms with Crippen molar-refractivity contribution in [1.29, 1.82) is 0 Å². The molecule has 3 heteroatoms. The van der Waals surface area contributed by atoms with Crippen molar-refractivity contribution in [1.82, 2.24) is 0 Å². The molecular weight excluding hydrogens is 120 g/mol. The predicted octanol–water partition coefficient (Wildman–Crippen LogP) is 0.376. The lowest BCUT2D eigenvalue weighted by atomic mass is 10.3. The van der Waals surface area contributed by atoms with Gasteiger partial charge in [-0.15, -0.1) is 0 Å². The molecule has 0 aliphatic carbocycles. The highest BCUT2D eigenvalue weighted by Crippen LogP contribution is 2.01. The Morgan fingerprint density at radius 2 is 1.78 bits per heavy atom. The molecule has 0 amide bonds. The van der Waals surface area contributed by atoms with Crippen LogP contribution in [-0.4, -0.2) is 31.7 Å². The number of hydrogen-bond acceptors (Lipinski definition) is 3. The van der Waals surface area contributed by atoms with E-state index in [-0.39, 0.29) is 0 Å². The van der Waals surface area contributed by atoms with E-state index in [2.05, 4.69) is 0 Å². The first-order valence-corrected chi connectivity index (χ1v) is 2.99. The summed E-state index contributed by atoms with van der Waals surface area (Å²) in [6.45, 7) is 1.87. The average molecular weight is 134 g/mol. The minimum atomic E-state index is -0.514. The van der Waals surface area contributed by atoms with Crippen LogP contribution in [0.1, 0.15) is 13.3 Å². The van der Waals surface area contributed by atoms with Gasteiger partial charge in [-0.2, -0.15) is 0 Å². The molecule has 0 aromatic rings. The number of hydrogen-bond donors (Lipinski definition) is 1. The fourth-order valence-corrected chi connectivity index (χ4v) is 0.603. The molecule has 0 aliphatic rings. The highest BCUT2D eigenvalue weighted by molar-refractivity contribution is 4.54. The Morgan fingerprint density at radius 1 is 1.33 bits per heavy atom. The molecule has 0 heterocycles. The van der Waals surface area contributed by atoms with Crippen LogP contribution in [0.3, 0.4) is 0 Å². The first-order valence-electron chi connectivity index (χ1n) is 2.99. The Bertz CT molecular complexity index is 61.3. The SMILES string of the molecule is CCC(O)C(OC)OC. The first kappa shape index (κ1) is 8.88. The molecular formula is C6H14O3. The Labute approximate surface area is 55.6 Å². The van der Waals surface area contributed by atoms with Gasteiger partial charge in [0.05, 0.1) is 0 Å². The van der Waals surface area contributed by atoms with Crippen LogP contribution in [0.25, 0.3) is 0 Å². The van der Waals surface area contributed by atoms with Gasteiger partial charge < -0.3 is 14.6 Å². The molecule has 0 aromatic heterocycles. The quantitative estimate of drug-likeness (QED) is 0.565. The zero-order valence-electron chi connectivity index (χ0n) is 6.13. The van der Waals surface area contributed by atoms with E-state index in [0.29, 0.717) is 6.42 Å². The number of methoxy groups -OCH3 is 2. The standard InChI is InChI=1S/C6H14O3/c1-4-5(7)6(8-2)9-3/h5-7H,4H2,1-3H3. The normalized spacial score (nSPS) is 14.3. The lowest BCUT2D eigenvalue weighted by Gasteiger charge is -2.17. The summed E-state index contributed by atoms with van der Waals surface area (Å²) in [6.07, 6.45) is -0.346. The Hall–Kier alpha value is -0.120. The van der Waals surface area contributed by atoms with E-state index < -0.39 is 12.4 Å². The summed E-state index contributed by atoms with van der Waals surface area (Å²) in [5, 5.41) is 9.07. The summed E-state index contributed by atoms with van der Waals surface area (Å²) in [5.41, 5.74) is 0. The second kappa shape index (κ2) is 4.73. The van der Waals surface area contributed by atoms with Crippen molar-refractivity contribution in [2.75, 3.05) is 14.2 Å². The Kier molecular flexibility index (Phi) is 4.67. The maximum atomic E-state index is 9.07. The van der Waals surface area contributed by atoms with Crippen molar-refractivity contribution in [2.45, 2.75) is 25.7 Å². The second-order valence-electron chi connectivity index (χ2n) is 1.82. The maximum Gasteiger partial charge on any atom is 0.182 e. The van der Waals surface area contributed by atoms with Gasteiger partial charge in [-0.25, -0.2) is 0 Å². The molecule has 0 rings (SSSR count). The molecule has 0 saturated heterocycles. The minimum absolute atomic E-state index is 0.477. The molecule has 1 atom stereocenters. The molecule has 1 unspecified atom stereocenters. The molecule has 56 valence electrons. The third kappa shape index (κ3) is 2.79. The summed E-state index contributed by atoms with van der Waals surface area (Å²) in [7, 11) is 3.01. The summed E-state index contributed by atoms with van der Waals surface area (Å²) in [6, 6.07) is 0. The largest absolute Gasteiger partial charge is 0.388 e. The van der Waals surface area contributed by atoms with E-state index in [1.54, 1.807) is 0 Å². The van der Waals surface area contributed by atoms with Crippen molar-refractivity contribution < 1.29 is 14.6 Å². The molecule has 0 aromatic carbocycles. The van der Waals surface area contributed by atoms with Crippen molar-refractivity contribution in [2.24, 2.45) is 0 Å². The zero-order chi connectivity index (χ0) is 7.28. The molecule has 9 heavy (non-hydrogen) atoms. The van der Waals surface area contributed by atoms with Crippen molar-refractivity contribution in [3.05, 3.63) is 0 Å². The van der Waals surface area contributed by atoms with Crippen LogP contribution in [0, 0.1) is 0 Å². The van der Waals surface area contributed by atoms with Gasteiger partial charge >= 0.3 is 0 Å². The van der Waals surface area contributed by atoms with Crippen molar-refractivity contribution >= 4 is 0 Å². The van der Waals surface area contributed by atoms with Gasteiger partial charge in [-0.1, -0.05) is 6.92 Å². The van der Waals surface area contributed by atoms with Gasteiger partial charge in [0.2, 0.25) is 0 Å². The molecule has 0 radical (unpaired) electrons. The number of rotatable bonds is 4. The lowest BCUT2D eigenvalue weighted by molar-refractivity contribution is -0.164. The molecule has 0 aliphatic heterocycles. The molecule has 3 nitrogen and oxygen atoms in total. The maximum absolute atomic E-state index is 9.07. The van der Waals surface area contributed by atoms with E-state index in [1.807, 2.05) is 6.92 Å². The first-order chi connectivity index (χ1) is 4.26. The van der Waals surface area contributed by atoms with Gasteiger partial charge in [0.25, 0.3) is 0 Å². The van der Waals surface area contributed by atoms with Gasteiger partial charge in [-0.05, 0) is 6.42 Å². The summed E-state index contributed by atoms with van der Waals surface area (Å²) in [4.78, 5) is 0. The highest BCUT2D eigenvalue weighted by Gasteiger charge is 2.14. The van der Waals surface area contributed by atoms with Crippen LogP contribution in [0.15, 0.2) is 0 Å². The van der Waals surface area contributed by atoms with Gasteiger partial charge in [0, 0.05) is 14.2 Å². The fraction of sp³-hybridized carbons (Fsp3) is 1.00. The summed E-state index contributed by atoms with van der Waals surface area (Å²) in [5.74, 6) is 0. The number of aliphatic hydroxyl groups is 1. The van der Waals surface area contributed by atoms with E-state index in [9.17, 15) is 0 Å². The van der Waals surface area contributed by atoms with Crippen LogP contribution in [0.5, 0.6) is 0 Å². The minimum Gasteiger partial charge on any atom is -0.388 e. The molecule has 0 fully saturated rings. The molecule has 1 N–H and O–H groups in total. The number of ether oxygens (including phenoxy) is 2. The van der Waals surface area contributed by atoms with Gasteiger partial charge in [0.15, 0.2) is 6.29 Å². The van der Waals surface area contributed by atoms with Crippen LogP contribution < -0.4 is 0 Å². The van der Waals surface area contributed by atoms with Crippen LogP contribution >= 0.6 is 0 Å². The van der Waals surface area contributed by atoms with Crippen LogP contribution in [-0.2, 0) is 9.47 Å². The smallest absolute Gasteiger partial charge is 0.182 e. The van der Waals surface area contributed by atoms with Crippen molar-refractivity contribution in [3.63, 3.8) is 0 Å².